The van der Waals surface area contributed by atoms with Crippen molar-refractivity contribution in [3.05, 3.63) is 83.4 Å². The van der Waals surface area contributed by atoms with Crippen LogP contribution in [0.1, 0.15) is 18.1 Å². The molecule has 1 amide bonds. The molecule has 35 heavy (non-hydrogen) atoms. The standard InChI is InChI=1S/C28H28N2O5/c1-4-33-27-17-21(16-22(19-29)28(31)30-23-11-8-20(2)9-12-23)10-13-26(27)35-15-14-34-25-7-5-6-24(18-25)32-3/h5-13,16-18H,4,14-15H2,1-3H3,(H,30,31). The van der Waals surface area contributed by atoms with Gasteiger partial charge >= 0.3 is 0 Å². The summed E-state index contributed by atoms with van der Waals surface area (Å²) in [4.78, 5) is 12.6. The summed E-state index contributed by atoms with van der Waals surface area (Å²) in [6, 6.07) is 21.9. The number of carbonyl (C=O) groups is 1. The fourth-order valence-corrected chi connectivity index (χ4v) is 3.15. The van der Waals surface area contributed by atoms with E-state index in [0.717, 1.165) is 11.3 Å². The molecule has 7 heteroatoms. The van der Waals surface area contributed by atoms with Crippen LogP contribution < -0.4 is 24.3 Å². The summed E-state index contributed by atoms with van der Waals surface area (Å²) in [5.74, 6) is 1.98. The van der Waals surface area contributed by atoms with Gasteiger partial charge in [0.1, 0.15) is 36.4 Å². The van der Waals surface area contributed by atoms with E-state index in [0.29, 0.717) is 48.3 Å². The van der Waals surface area contributed by atoms with E-state index in [-0.39, 0.29) is 5.57 Å². The Bertz CT molecular complexity index is 1210. The number of anilines is 1. The summed E-state index contributed by atoms with van der Waals surface area (Å²) in [5.41, 5.74) is 2.32. The Morgan fingerprint density at radius 1 is 0.943 bits per heavy atom. The number of nitriles is 1. The highest BCUT2D eigenvalue weighted by Gasteiger charge is 2.12. The van der Waals surface area contributed by atoms with Crippen LogP contribution in [0.3, 0.4) is 0 Å². The van der Waals surface area contributed by atoms with Crippen molar-refractivity contribution < 1.29 is 23.7 Å². The van der Waals surface area contributed by atoms with E-state index < -0.39 is 5.91 Å². The molecule has 0 fully saturated rings. The van der Waals surface area contributed by atoms with Crippen LogP contribution in [0.15, 0.2) is 72.3 Å². The van der Waals surface area contributed by atoms with Crippen molar-refractivity contribution in [1.82, 2.24) is 0 Å². The number of benzene rings is 3. The Kier molecular flexibility index (Phi) is 9.14. The number of hydrogen-bond acceptors (Lipinski definition) is 6. The maximum atomic E-state index is 12.6. The van der Waals surface area contributed by atoms with E-state index in [4.69, 9.17) is 18.9 Å². The molecule has 3 rings (SSSR count). The minimum atomic E-state index is -0.482. The number of hydrogen-bond donors (Lipinski definition) is 1. The molecule has 0 saturated carbocycles. The normalized spacial score (nSPS) is 10.7. The average Bonchev–Trinajstić information content (AvgIpc) is 2.87. The Hall–Kier alpha value is -4.44. The van der Waals surface area contributed by atoms with Crippen LogP contribution in [-0.2, 0) is 4.79 Å². The summed E-state index contributed by atoms with van der Waals surface area (Å²) in [7, 11) is 1.60. The van der Waals surface area contributed by atoms with Crippen molar-refractivity contribution in [1.29, 1.82) is 5.26 Å². The summed E-state index contributed by atoms with van der Waals surface area (Å²) < 4.78 is 22.5. The van der Waals surface area contributed by atoms with E-state index in [2.05, 4.69) is 5.32 Å². The highest BCUT2D eigenvalue weighted by atomic mass is 16.5. The molecule has 0 unspecified atom stereocenters. The number of nitrogens with zero attached hydrogens (tertiary/aromatic N) is 1. The second kappa shape index (κ2) is 12.7. The van der Waals surface area contributed by atoms with Crippen molar-refractivity contribution in [3.8, 4) is 29.1 Å². The molecule has 7 nitrogen and oxygen atoms in total. The Morgan fingerprint density at radius 3 is 2.40 bits per heavy atom. The van der Waals surface area contributed by atoms with E-state index in [1.165, 1.54) is 6.08 Å². The number of amides is 1. The van der Waals surface area contributed by atoms with Gasteiger partial charge in [-0.3, -0.25) is 4.79 Å². The molecule has 0 aliphatic carbocycles. The van der Waals surface area contributed by atoms with Crippen molar-refractivity contribution in [3.63, 3.8) is 0 Å². The summed E-state index contributed by atoms with van der Waals surface area (Å²) in [6.45, 7) is 4.90. The first-order valence-electron chi connectivity index (χ1n) is 11.2. The van der Waals surface area contributed by atoms with Crippen LogP contribution in [-0.4, -0.2) is 32.8 Å². The van der Waals surface area contributed by atoms with Gasteiger partial charge in [0.15, 0.2) is 11.5 Å². The highest BCUT2D eigenvalue weighted by molar-refractivity contribution is 6.09. The molecule has 3 aromatic carbocycles. The van der Waals surface area contributed by atoms with Gasteiger partial charge in [-0.1, -0.05) is 29.8 Å². The maximum absolute atomic E-state index is 12.6. The molecule has 0 saturated heterocycles. The van der Waals surface area contributed by atoms with Crippen molar-refractivity contribution in [2.45, 2.75) is 13.8 Å². The van der Waals surface area contributed by atoms with Crippen LogP contribution in [0.5, 0.6) is 23.0 Å². The molecule has 0 spiro atoms. The van der Waals surface area contributed by atoms with Crippen molar-refractivity contribution in [2.24, 2.45) is 0 Å². The largest absolute Gasteiger partial charge is 0.497 e. The number of carbonyl (C=O) groups excluding carboxylic acids is 1. The third-order valence-electron chi connectivity index (χ3n) is 4.90. The molecule has 0 bridgehead atoms. The SMILES string of the molecule is CCOc1cc(C=C(C#N)C(=O)Nc2ccc(C)cc2)ccc1OCCOc1cccc(OC)c1. The van der Waals surface area contributed by atoms with E-state index in [9.17, 15) is 10.1 Å². The molecular formula is C28H28N2O5. The van der Waals surface area contributed by atoms with Gasteiger partial charge in [0, 0.05) is 11.8 Å². The number of aryl methyl sites for hydroxylation is 1. The zero-order valence-electron chi connectivity index (χ0n) is 20.0. The van der Waals surface area contributed by atoms with E-state index >= 15 is 0 Å². The van der Waals surface area contributed by atoms with Gasteiger partial charge in [0.05, 0.1) is 13.7 Å². The lowest BCUT2D eigenvalue weighted by atomic mass is 10.1. The molecule has 0 atom stereocenters. The molecule has 0 aromatic heterocycles. The zero-order valence-corrected chi connectivity index (χ0v) is 20.0. The van der Waals surface area contributed by atoms with Gasteiger partial charge < -0.3 is 24.3 Å². The monoisotopic (exact) mass is 472 g/mol. The van der Waals surface area contributed by atoms with Gasteiger partial charge in [0.2, 0.25) is 0 Å². The second-order valence-corrected chi connectivity index (χ2v) is 7.51. The number of ether oxygens (including phenoxy) is 4. The molecule has 0 heterocycles. The first kappa shape index (κ1) is 25.2. The fourth-order valence-electron chi connectivity index (χ4n) is 3.15. The third-order valence-corrected chi connectivity index (χ3v) is 4.90. The van der Waals surface area contributed by atoms with E-state index in [1.54, 1.807) is 43.5 Å². The van der Waals surface area contributed by atoms with Crippen LogP contribution in [0.4, 0.5) is 5.69 Å². The minimum Gasteiger partial charge on any atom is -0.497 e. The van der Waals surface area contributed by atoms with Gasteiger partial charge in [-0.25, -0.2) is 0 Å². The Labute approximate surface area is 205 Å². The Morgan fingerprint density at radius 2 is 1.69 bits per heavy atom. The molecule has 0 aliphatic heterocycles. The predicted octanol–water partition coefficient (Wildman–Crippen LogP) is 5.41. The lowest BCUT2D eigenvalue weighted by molar-refractivity contribution is -0.112. The first-order valence-corrected chi connectivity index (χ1v) is 11.2. The van der Waals surface area contributed by atoms with Gasteiger partial charge in [0.25, 0.3) is 5.91 Å². The van der Waals surface area contributed by atoms with E-state index in [1.807, 2.05) is 50.2 Å². The second-order valence-electron chi connectivity index (χ2n) is 7.51. The van der Waals surface area contributed by atoms with Crippen molar-refractivity contribution in [2.75, 3.05) is 32.2 Å². The van der Waals surface area contributed by atoms with Crippen LogP contribution >= 0.6 is 0 Å². The zero-order chi connectivity index (χ0) is 25.0. The molecular weight excluding hydrogens is 444 g/mol. The first-order chi connectivity index (χ1) is 17.0. The molecule has 0 radical (unpaired) electrons. The van der Waals surface area contributed by atoms with Crippen LogP contribution in [0.2, 0.25) is 0 Å². The smallest absolute Gasteiger partial charge is 0.266 e. The van der Waals surface area contributed by atoms with Gasteiger partial charge in [-0.2, -0.15) is 5.26 Å². The topological polar surface area (TPSA) is 89.8 Å². The number of nitrogens with one attached hydrogen (secondary N) is 1. The lowest BCUT2D eigenvalue weighted by Gasteiger charge is -2.13. The molecule has 0 aliphatic rings. The summed E-state index contributed by atoms with van der Waals surface area (Å²) in [6.07, 6.45) is 1.52. The highest BCUT2D eigenvalue weighted by Crippen LogP contribution is 2.29. The Balaban J connectivity index is 1.65. The molecule has 180 valence electrons. The predicted molar refractivity (Wildman–Crippen MR) is 135 cm³/mol. The average molecular weight is 473 g/mol. The van der Waals surface area contributed by atoms with Crippen molar-refractivity contribution >= 4 is 17.7 Å². The number of rotatable bonds is 11. The summed E-state index contributed by atoms with van der Waals surface area (Å²) in [5, 5.41) is 12.3. The molecule has 3 aromatic rings. The number of methoxy groups -OCH3 is 1. The van der Waals surface area contributed by atoms with Crippen LogP contribution in [0, 0.1) is 18.3 Å². The fraction of sp³-hybridized carbons (Fsp3) is 0.214. The van der Waals surface area contributed by atoms with Gasteiger partial charge in [-0.15, -0.1) is 0 Å². The summed E-state index contributed by atoms with van der Waals surface area (Å²) >= 11 is 0. The molecule has 1 N–H and O–H groups in total. The lowest BCUT2D eigenvalue weighted by Crippen LogP contribution is -2.13. The minimum absolute atomic E-state index is 0.0200. The quantitative estimate of drug-likeness (QED) is 0.228. The third kappa shape index (κ3) is 7.54. The van der Waals surface area contributed by atoms with Crippen LogP contribution in [0.25, 0.3) is 6.08 Å². The maximum Gasteiger partial charge on any atom is 0.266 e. The van der Waals surface area contributed by atoms with Gasteiger partial charge in [-0.05, 0) is 61.9 Å².